The molecule has 0 aliphatic rings. The third-order valence-electron chi connectivity index (χ3n) is 4.64. The van der Waals surface area contributed by atoms with E-state index in [1.807, 2.05) is 4.57 Å². The number of methoxy groups -OCH3 is 2. The Morgan fingerprint density at radius 3 is 2.55 bits per heavy atom. The molecule has 0 aliphatic heterocycles. The normalized spacial score (nSPS) is 12.3. The van der Waals surface area contributed by atoms with Crippen LogP contribution in [0.2, 0.25) is 0 Å². The Morgan fingerprint density at radius 1 is 1.10 bits per heavy atom. The summed E-state index contributed by atoms with van der Waals surface area (Å²) in [5.41, 5.74) is 1.37. The summed E-state index contributed by atoms with van der Waals surface area (Å²) in [6.07, 6.45) is 0. The van der Waals surface area contributed by atoms with Crippen molar-refractivity contribution in [2.24, 2.45) is 4.99 Å². The molecule has 3 rings (SSSR count). The van der Waals surface area contributed by atoms with E-state index in [0.717, 1.165) is 10.2 Å². The molecule has 0 aliphatic carbocycles. The standard InChI is InChI=1S/C21H22N2O6S2/c1-4-31(26,27)16-7-5-6-14(12-16)19(24)22-21-23(10-11-28-2)17-9-8-15(20(25)29-3)13-18(17)30-21/h5-9,12-13H,4,10-11H2,1-3H3. The van der Waals surface area contributed by atoms with Gasteiger partial charge in [-0.25, -0.2) is 13.2 Å². The van der Waals surface area contributed by atoms with E-state index in [9.17, 15) is 18.0 Å². The first-order valence-corrected chi connectivity index (χ1v) is 11.9. The van der Waals surface area contributed by atoms with Crippen LogP contribution >= 0.6 is 11.3 Å². The molecule has 0 saturated heterocycles. The number of amides is 1. The van der Waals surface area contributed by atoms with Crippen LogP contribution in [0.1, 0.15) is 27.6 Å². The molecule has 8 nitrogen and oxygen atoms in total. The number of aromatic nitrogens is 1. The molecule has 0 radical (unpaired) electrons. The number of hydrogen-bond acceptors (Lipinski definition) is 7. The monoisotopic (exact) mass is 462 g/mol. The zero-order chi connectivity index (χ0) is 22.6. The van der Waals surface area contributed by atoms with Crippen molar-refractivity contribution in [2.45, 2.75) is 18.4 Å². The van der Waals surface area contributed by atoms with Crippen molar-refractivity contribution in [1.29, 1.82) is 0 Å². The minimum absolute atomic E-state index is 0.0579. The van der Waals surface area contributed by atoms with E-state index in [-0.39, 0.29) is 16.2 Å². The van der Waals surface area contributed by atoms with Gasteiger partial charge in [0.1, 0.15) is 0 Å². The lowest BCUT2D eigenvalue weighted by atomic mass is 10.2. The fraction of sp³-hybridized carbons (Fsp3) is 0.286. The first-order chi connectivity index (χ1) is 14.8. The molecule has 31 heavy (non-hydrogen) atoms. The zero-order valence-electron chi connectivity index (χ0n) is 17.3. The van der Waals surface area contributed by atoms with Crippen LogP contribution in [0.15, 0.2) is 52.4 Å². The molecule has 0 saturated carbocycles. The molecule has 1 amide bonds. The van der Waals surface area contributed by atoms with Crippen molar-refractivity contribution >= 4 is 43.3 Å². The van der Waals surface area contributed by atoms with Crippen LogP contribution < -0.4 is 4.80 Å². The molecule has 0 fully saturated rings. The van der Waals surface area contributed by atoms with E-state index >= 15 is 0 Å². The number of rotatable bonds is 7. The maximum Gasteiger partial charge on any atom is 0.337 e. The van der Waals surface area contributed by atoms with Gasteiger partial charge in [-0.05, 0) is 36.4 Å². The van der Waals surface area contributed by atoms with Crippen molar-refractivity contribution in [3.63, 3.8) is 0 Å². The highest BCUT2D eigenvalue weighted by Crippen LogP contribution is 2.20. The van der Waals surface area contributed by atoms with Crippen LogP contribution in [0.5, 0.6) is 0 Å². The Morgan fingerprint density at radius 2 is 1.87 bits per heavy atom. The lowest BCUT2D eigenvalue weighted by Gasteiger charge is -2.05. The number of fused-ring (bicyclic) bond motifs is 1. The molecule has 1 aromatic heterocycles. The van der Waals surface area contributed by atoms with Crippen LogP contribution in [0.3, 0.4) is 0 Å². The number of esters is 1. The Hall–Kier alpha value is -2.82. The third kappa shape index (κ3) is 4.92. The molecule has 3 aromatic rings. The summed E-state index contributed by atoms with van der Waals surface area (Å²) in [7, 11) is -0.553. The van der Waals surface area contributed by atoms with Crippen molar-refractivity contribution < 1.29 is 27.5 Å². The number of carbonyl (C=O) groups excluding carboxylic acids is 2. The van der Waals surface area contributed by atoms with E-state index in [0.29, 0.717) is 23.5 Å². The van der Waals surface area contributed by atoms with E-state index in [1.165, 1.54) is 42.7 Å². The van der Waals surface area contributed by atoms with E-state index in [1.54, 1.807) is 32.2 Å². The minimum atomic E-state index is -3.44. The summed E-state index contributed by atoms with van der Waals surface area (Å²) in [6, 6.07) is 11.0. The maximum absolute atomic E-state index is 12.8. The van der Waals surface area contributed by atoms with Gasteiger partial charge in [-0.2, -0.15) is 4.99 Å². The van der Waals surface area contributed by atoms with E-state index in [2.05, 4.69) is 4.99 Å². The first kappa shape index (κ1) is 22.9. The number of ether oxygens (including phenoxy) is 2. The van der Waals surface area contributed by atoms with Gasteiger partial charge in [0, 0.05) is 19.2 Å². The van der Waals surface area contributed by atoms with Crippen LogP contribution in [-0.4, -0.2) is 51.4 Å². The number of thiazole rings is 1. The zero-order valence-corrected chi connectivity index (χ0v) is 19.0. The van der Waals surface area contributed by atoms with E-state index in [4.69, 9.17) is 9.47 Å². The lowest BCUT2D eigenvalue weighted by Crippen LogP contribution is -2.19. The third-order valence-corrected chi connectivity index (χ3v) is 7.41. The quantitative estimate of drug-likeness (QED) is 0.500. The second-order valence-electron chi connectivity index (χ2n) is 6.55. The van der Waals surface area contributed by atoms with Gasteiger partial charge < -0.3 is 14.0 Å². The van der Waals surface area contributed by atoms with Crippen LogP contribution in [-0.2, 0) is 25.9 Å². The Labute approximate surface area is 183 Å². The van der Waals surface area contributed by atoms with Crippen molar-refractivity contribution in [2.75, 3.05) is 26.6 Å². The fourth-order valence-corrected chi connectivity index (χ4v) is 4.96. The fourth-order valence-electron chi connectivity index (χ4n) is 2.94. The predicted octanol–water partition coefficient (Wildman–Crippen LogP) is 2.67. The van der Waals surface area contributed by atoms with Gasteiger partial charge >= 0.3 is 5.97 Å². The SMILES string of the molecule is CCS(=O)(=O)c1cccc(C(=O)N=c2sc3cc(C(=O)OC)ccc3n2CCOC)c1. The molecule has 0 N–H and O–H groups in total. The Balaban J connectivity index is 2.11. The van der Waals surface area contributed by atoms with Gasteiger partial charge in [0.15, 0.2) is 14.6 Å². The van der Waals surface area contributed by atoms with Gasteiger partial charge in [0.05, 0.1) is 40.1 Å². The largest absolute Gasteiger partial charge is 0.465 e. The predicted molar refractivity (Wildman–Crippen MR) is 117 cm³/mol. The molecule has 0 bridgehead atoms. The van der Waals surface area contributed by atoms with Gasteiger partial charge in [-0.3, -0.25) is 4.79 Å². The molecule has 0 atom stereocenters. The Kier molecular flexibility index (Phi) is 7.04. The summed E-state index contributed by atoms with van der Waals surface area (Å²) in [5.74, 6) is -1.07. The first-order valence-electron chi connectivity index (χ1n) is 9.43. The molecular weight excluding hydrogens is 440 g/mol. The molecule has 2 aromatic carbocycles. The van der Waals surface area contributed by atoms with Gasteiger partial charge in [0.25, 0.3) is 5.91 Å². The lowest BCUT2D eigenvalue weighted by molar-refractivity contribution is 0.0600. The summed E-state index contributed by atoms with van der Waals surface area (Å²) >= 11 is 1.25. The number of nitrogens with zero attached hydrogens (tertiary/aromatic N) is 2. The number of carbonyl (C=O) groups is 2. The summed E-state index contributed by atoms with van der Waals surface area (Å²) in [4.78, 5) is 29.4. The molecule has 164 valence electrons. The van der Waals surface area contributed by atoms with Crippen molar-refractivity contribution in [1.82, 2.24) is 4.57 Å². The second-order valence-corrected chi connectivity index (χ2v) is 9.84. The highest BCUT2D eigenvalue weighted by atomic mass is 32.2. The molecular formula is C21H22N2O6S2. The number of hydrogen-bond donors (Lipinski definition) is 0. The summed E-state index contributed by atoms with van der Waals surface area (Å²) < 4.78 is 36.8. The van der Waals surface area contributed by atoms with E-state index < -0.39 is 21.7 Å². The van der Waals surface area contributed by atoms with Gasteiger partial charge in [-0.15, -0.1) is 0 Å². The van der Waals surface area contributed by atoms with Crippen LogP contribution in [0.4, 0.5) is 0 Å². The van der Waals surface area contributed by atoms with Gasteiger partial charge in [-0.1, -0.05) is 24.3 Å². The minimum Gasteiger partial charge on any atom is -0.465 e. The number of benzene rings is 2. The second kappa shape index (κ2) is 9.54. The maximum atomic E-state index is 12.8. The average Bonchev–Trinajstić information content (AvgIpc) is 3.12. The van der Waals surface area contributed by atoms with Crippen LogP contribution in [0, 0.1) is 0 Å². The molecule has 10 heteroatoms. The topological polar surface area (TPSA) is 104 Å². The molecule has 0 spiro atoms. The van der Waals surface area contributed by atoms with Crippen LogP contribution in [0.25, 0.3) is 10.2 Å². The smallest absolute Gasteiger partial charge is 0.337 e. The average molecular weight is 463 g/mol. The van der Waals surface area contributed by atoms with Gasteiger partial charge in [0.2, 0.25) is 0 Å². The highest BCUT2D eigenvalue weighted by molar-refractivity contribution is 7.91. The summed E-state index contributed by atoms with van der Waals surface area (Å²) in [6.45, 7) is 2.40. The Bertz CT molecular complexity index is 1300. The molecule has 1 heterocycles. The summed E-state index contributed by atoms with van der Waals surface area (Å²) in [5, 5.41) is 0. The van der Waals surface area contributed by atoms with Crippen molar-refractivity contribution in [3.8, 4) is 0 Å². The number of sulfone groups is 1. The van der Waals surface area contributed by atoms with Crippen molar-refractivity contribution in [3.05, 3.63) is 58.4 Å². The molecule has 0 unspecified atom stereocenters. The highest BCUT2D eigenvalue weighted by Gasteiger charge is 2.16.